The maximum atomic E-state index is 14.3. The average Bonchev–Trinajstić information content (AvgIpc) is 2.72. The van der Waals surface area contributed by atoms with Gasteiger partial charge in [0, 0.05) is 17.3 Å². The number of phenolic OH excluding ortho intramolecular Hbond substituents is 1. The topological polar surface area (TPSA) is 70.1 Å². The molecule has 7 heteroatoms. The van der Waals surface area contributed by atoms with Crippen LogP contribution in [0, 0.1) is 5.82 Å². The van der Waals surface area contributed by atoms with E-state index in [1.54, 1.807) is 18.2 Å². The van der Waals surface area contributed by atoms with Gasteiger partial charge < -0.3 is 10.4 Å². The lowest BCUT2D eigenvalue weighted by molar-refractivity contribution is -0.925. The molecule has 4 rings (SSSR count). The number of hydrogen-bond donors (Lipinski definition) is 3. The molecule has 2 aromatic carbocycles. The molecule has 150 valence electrons. The van der Waals surface area contributed by atoms with Gasteiger partial charge in [-0.15, -0.1) is 0 Å². The van der Waals surface area contributed by atoms with Crippen molar-refractivity contribution in [1.29, 1.82) is 0 Å². The maximum absolute atomic E-state index is 14.3. The van der Waals surface area contributed by atoms with Gasteiger partial charge in [-0.25, -0.2) is 14.0 Å². The molecule has 0 atom stereocenters. The van der Waals surface area contributed by atoms with Crippen LogP contribution >= 0.6 is 0 Å². The molecule has 0 radical (unpaired) electrons. The first-order valence-corrected chi connectivity index (χ1v) is 9.89. The first kappa shape index (κ1) is 19.1. The van der Waals surface area contributed by atoms with Gasteiger partial charge in [-0.3, -0.25) is 0 Å². The predicted octanol–water partition coefficient (Wildman–Crippen LogP) is 4.59. The van der Waals surface area contributed by atoms with Crippen molar-refractivity contribution in [2.75, 3.05) is 23.8 Å². The third kappa shape index (κ3) is 4.81. The monoisotopic (exact) mass is 394 g/mol. The summed E-state index contributed by atoms with van der Waals surface area (Å²) in [5.74, 6) is 0.00509. The molecule has 0 saturated carbocycles. The zero-order chi connectivity index (χ0) is 20.1. The molecule has 1 aliphatic rings. The number of rotatable bonds is 6. The summed E-state index contributed by atoms with van der Waals surface area (Å²) >= 11 is 0. The van der Waals surface area contributed by atoms with E-state index < -0.39 is 5.82 Å². The lowest BCUT2D eigenvalue weighted by Gasteiger charge is -2.40. The Kier molecular flexibility index (Phi) is 5.57. The molecule has 1 aromatic heterocycles. The highest BCUT2D eigenvalue weighted by Crippen LogP contribution is 2.26. The quantitative estimate of drug-likeness (QED) is 0.534. The average molecular weight is 394 g/mol. The SMILES string of the molecule is Oc1cccc(Nc2nc(N[N+]3(Cc4ccccc4)CCCCC3)ncc2F)c1. The predicted molar refractivity (Wildman–Crippen MR) is 111 cm³/mol. The Bertz CT molecular complexity index is 960. The van der Waals surface area contributed by atoms with Crippen LogP contribution in [0.1, 0.15) is 24.8 Å². The van der Waals surface area contributed by atoms with Gasteiger partial charge in [-0.05, 0) is 31.4 Å². The van der Waals surface area contributed by atoms with Crippen LogP contribution in [0.25, 0.3) is 0 Å². The second-order valence-electron chi connectivity index (χ2n) is 7.47. The number of halogens is 1. The normalized spacial score (nSPS) is 15.6. The molecule has 1 fully saturated rings. The van der Waals surface area contributed by atoms with E-state index in [1.807, 2.05) is 18.2 Å². The fourth-order valence-corrected chi connectivity index (χ4v) is 3.80. The van der Waals surface area contributed by atoms with Crippen molar-refractivity contribution in [3.63, 3.8) is 0 Å². The number of aromatic nitrogens is 2. The van der Waals surface area contributed by atoms with E-state index in [0.29, 0.717) is 16.2 Å². The van der Waals surface area contributed by atoms with E-state index in [9.17, 15) is 9.50 Å². The van der Waals surface area contributed by atoms with Crippen LogP contribution in [-0.2, 0) is 6.54 Å². The van der Waals surface area contributed by atoms with E-state index >= 15 is 0 Å². The molecular formula is C22H25FN5O+. The number of hydrogen-bond acceptors (Lipinski definition) is 5. The molecule has 1 saturated heterocycles. The van der Waals surface area contributed by atoms with Crippen molar-refractivity contribution < 1.29 is 14.1 Å². The van der Waals surface area contributed by atoms with Crippen molar-refractivity contribution in [2.45, 2.75) is 25.8 Å². The van der Waals surface area contributed by atoms with Gasteiger partial charge in [0.15, 0.2) is 11.6 Å². The van der Waals surface area contributed by atoms with Gasteiger partial charge in [0.2, 0.25) is 0 Å². The number of piperidine rings is 1. The van der Waals surface area contributed by atoms with Gasteiger partial charge in [0.25, 0.3) is 5.95 Å². The Hall–Kier alpha value is -3.19. The first-order valence-electron chi connectivity index (χ1n) is 9.89. The fourth-order valence-electron chi connectivity index (χ4n) is 3.80. The third-order valence-electron chi connectivity index (χ3n) is 5.19. The Morgan fingerprint density at radius 3 is 2.55 bits per heavy atom. The standard InChI is InChI=1S/C22H24FN5O/c23-20-15-24-22(26-21(20)25-18-10-7-11-19(29)14-18)27-28(12-5-2-6-13-28)16-17-8-3-1-4-9-17/h1,3-4,7-11,14-15H,2,5-6,12-13,16H2,(H2-,24,25,26,27,29)/p+1. The molecule has 3 N–H and O–H groups in total. The van der Waals surface area contributed by atoms with Gasteiger partial charge in [0.05, 0.1) is 6.20 Å². The minimum atomic E-state index is -0.549. The van der Waals surface area contributed by atoms with Crippen LogP contribution in [0.2, 0.25) is 0 Å². The second-order valence-corrected chi connectivity index (χ2v) is 7.47. The van der Waals surface area contributed by atoms with Gasteiger partial charge in [-0.2, -0.15) is 10.4 Å². The minimum absolute atomic E-state index is 0.0722. The summed E-state index contributed by atoms with van der Waals surface area (Å²) in [4.78, 5) is 8.55. The van der Waals surface area contributed by atoms with Crippen molar-refractivity contribution in [2.24, 2.45) is 0 Å². The molecule has 0 aliphatic carbocycles. The van der Waals surface area contributed by atoms with Crippen LogP contribution in [0.4, 0.5) is 21.8 Å². The van der Waals surface area contributed by atoms with Crippen molar-refractivity contribution in [3.05, 3.63) is 72.2 Å². The molecule has 1 aliphatic heterocycles. The Labute approximate surface area is 169 Å². The lowest BCUT2D eigenvalue weighted by Crippen LogP contribution is -2.55. The molecule has 3 aromatic rings. The summed E-state index contributed by atoms with van der Waals surface area (Å²) in [7, 11) is 0. The van der Waals surface area contributed by atoms with Crippen molar-refractivity contribution >= 4 is 17.5 Å². The first-order chi connectivity index (χ1) is 14.1. The zero-order valence-corrected chi connectivity index (χ0v) is 16.2. The van der Waals surface area contributed by atoms with Crippen molar-refractivity contribution in [3.8, 4) is 5.75 Å². The Balaban J connectivity index is 1.57. The van der Waals surface area contributed by atoms with E-state index in [4.69, 9.17) is 0 Å². The molecule has 0 spiro atoms. The number of nitrogens with one attached hydrogen (secondary N) is 2. The summed E-state index contributed by atoms with van der Waals surface area (Å²) < 4.78 is 14.9. The summed E-state index contributed by atoms with van der Waals surface area (Å²) in [6, 6.07) is 16.8. The number of benzene rings is 2. The largest absolute Gasteiger partial charge is 0.508 e. The Morgan fingerprint density at radius 2 is 1.79 bits per heavy atom. The number of aromatic hydroxyl groups is 1. The summed E-state index contributed by atoms with van der Waals surface area (Å²) in [5, 5.41) is 12.5. The highest BCUT2D eigenvalue weighted by atomic mass is 19.1. The minimum Gasteiger partial charge on any atom is -0.508 e. The molecule has 0 amide bonds. The number of nitrogens with zero attached hydrogens (tertiary/aromatic N) is 3. The van der Waals surface area contributed by atoms with Gasteiger partial charge in [0.1, 0.15) is 25.4 Å². The number of anilines is 3. The second kappa shape index (κ2) is 8.45. The van der Waals surface area contributed by atoms with E-state index in [1.165, 1.54) is 24.2 Å². The highest BCUT2D eigenvalue weighted by Gasteiger charge is 2.32. The molecule has 0 bridgehead atoms. The highest BCUT2D eigenvalue weighted by molar-refractivity contribution is 5.59. The summed E-state index contributed by atoms with van der Waals surface area (Å²) in [6.45, 7) is 2.74. The van der Waals surface area contributed by atoms with Crippen molar-refractivity contribution in [1.82, 2.24) is 9.97 Å². The fraction of sp³-hybridized carbons (Fsp3) is 0.273. The third-order valence-corrected chi connectivity index (χ3v) is 5.19. The smallest absolute Gasteiger partial charge is 0.271 e. The summed E-state index contributed by atoms with van der Waals surface area (Å²) in [6.07, 6.45) is 4.62. The number of quaternary nitrogens is 1. The van der Waals surface area contributed by atoms with Crippen LogP contribution in [0.15, 0.2) is 60.8 Å². The molecule has 2 heterocycles. The van der Waals surface area contributed by atoms with E-state index in [0.717, 1.165) is 32.5 Å². The molecule has 6 nitrogen and oxygen atoms in total. The Morgan fingerprint density at radius 1 is 1.00 bits per heavy atom. The molecule has 29 heavy (non-hydrogen) atoms. The molecular weight excluding hydrogens is 369 g/mol. The zero-order valence-electron chi connectivity index (χ0n) is 16.2. The summed E-state index contributed by atoms with van der Waals surface area (Å²) in [5.41, 5.74) is 5.26. The number of likely N-dealkylation sites (tertiary alicyclic amines) is 1. The van der Waals surface area contributed by atoms with Crippen LogP contribution in [0.5, 0.6) is 5.75 Å². The van der Waals surface area contributed by atoms with E-state index in [-0.39, 0.29) is 11.6 Å². The van der Waals surface area contributed by atoms with Crippen LogP contribution in [-0.4, -0.2) is 32.8 Å². The lowest BCUT2D eigenvalue weighted by atomic mass is 10.1. The van der Waals surface area contributed by atoms with Gasteiger partial charge in [-0.1, -0.05) is 36.4 Å². The molecule has 0 unspecified atom stereocenters. The number of phenols is 1. The van der Waals surface area contributed by atoms with E-state index in [2.05, 4.69) is 32.8 Å². The van der Waals surface area contributed by atoms with Crippen LogP contribution < -0.4 is 10.7 Å². The maximum Gasteiger partial charge on any atom is 0.271 e. The van der Waals surface area contributed by atoms with Crippen LogP contribution in [0.3, 0.4) is 0 Å². The van der Waals surface area contributed by atoms with Gasteiger partial charge >= 0.3 is 0 Å².